The highest BCUT2D eigenvalue weighted by Crippen LogP contribution is 2.33. The van der Waals surface area contributed by atoms with Crippen LogP contribution in [0.15, 0.2) is 23.6 Å². The number of aromatic nitrogens is 1. The van der Waals surface area contributed by atoms with E-state index in [4.69, 9.17) is 28.3 Å². The van der Waals surface area contributed by atoms with Gasteiger partial charge in [-0.3, -0.25) is 4.79 Å². The van der Waals surface area contributed by atoms with E-state index >= 15 is 0 Å². The fourth-order valence-corrected chi connectivity index (χ4v) is 3.83. The van der Waals surface area contributed by atoms with Crippen LogP contribution in [0.1, 0.15) is 16.9 Å². The van der Waals surface area contributed by atoms with Gasteiger partial charge in [-0.15, -0.1) is 11.3 Å². The van der Waals surface area contributed by atoms with Gasteiger partial charge in [0.25, 0.3) is 5.91 Å². The Bertz CT molecular complexity index is 829. The molecule has 0 radical (unpaired) electrons. The van der Waals surface area contributed by atoms with Crippen molar-refractivity contribution in [3.63, 3.8) is 0 Å². The molecule has 3 rings (SSSR count). The van der Waals surface area contributed by atoms with E-state index in [0.717, 1.165) is 4.90 Å². The molecule has 1 amide bonds. The van der Waals surface area contributed by atoms with Gasteiger partial charge in [0.05, 0.1) is 11.6 Å². The number of likely N-dealkylation sites (tertiary alicyclic amines) is 1. The number of aliphatic carboxylic acids is 1. The minimum atomic E-state index is -2.39. The molecule has 2 aromatic rings. The lowest BCUT2D eigenvalue weighted by atomic mass is 10.1. The summed E-state index contributed by atoms with van der Waals surface area (Å²) in [7, 11) is 0. The first kappa shape index (κ1) is 17.1. The van der Waals surface area contributed by atoms with Crippen LogP contribution >= 0.6 is 34.5 Å². The largest absolute Gasteiger partial charge is 0.479 e. The molecule has 0 spiro atoms. The number of benzene rings is 1. The zero-order valence-corrected chi connectivity index (χ0v) is 14.5. The molecule has 5 nitrogen and oxygen atoms in total. The number of hydrogen-bond acceptors (Lipinski definition) is 4. The average molecular weight is 389 g/mol. The Labute approximate surface area is 150 Å². The highest BCUT2D eigenvalue weighted by atomic mass is 35.5. The first-order valence-corrected chi connectivity index (χ1v) is 8.56. The average Bonchev–Trinajstić information content (AvgIpc) is 3.14. The zero-order valence-electron chi connectivity index (χ0n) is 12.1. The number of alkyl halides is 1. The fraction of sp³-hybridized carbons (Fsp3) is 0.267. The van der Waals surface area contributed by atoms with Crippen molar-refractivity contribution in [2.45, 2.75) is 12.1 Å². The lowest BCUT2D eigenvalue weighted by Gasteiger charge is -2.16. The summed E-state index contributed by atoms with van der Waals surface area (Å²) >= 11 is 13.2. The van der Waals surface area contributed by atoms with Crippen LogP contribution in [0, 0.1) is 0 Å². The summed E-state index contributed by atoms with van der Waals surface area (Å²) in [6, 6.07) is 4.94. The Hall–Kier alpha value is -1.70. The SMILES string of the molecule is O=C(c1csc(-c2ccc(Cl)cc2Cl)n1)N1CCC(F)(C(=O)O)C1. The van der Waals surface area contributed by atoms with Gasteiger partial charge in [0, 0.05) is 28.9 Å². The van der Waals surface area contributed by atoms with Crippen LogP contribution in [-0.4, -0.2) is 45.6 Å². The van der Waals surface area contributed by atoms with Crippen molar-refractivity contribution in [1.29, 1.82) is 0 Å². The molecule has 9 heteroatoms. The molecule has 1 aliphatic rings. The molecule has 1 atom stereocenters. The molecule has 1 unspecified atom stereocenters. The maximum Gasteiger partial charge on any atom is 0.343 e. The van der Waals surface area contributed by atoms with Crippen molar-refractivity contribution in [2.24, 2.45) is 0 Å². The van der Waals surface area contributed by atoms with Gasteiger partial charge >= 0.3 is 5.97 Å². The number of nitrogens with zero attached hydrogens (tertiary/aromatic N) is 2. The molecule has 24 heavy (non-hydrogen) atoms. The molecule has 1 aliphatic heterocycles. The van der Waals surface area contributed by atoms with E-state index in [1.807, 2.05) is 0 Å². The number of thiazole rings is 1. The number of halogens is 3. The maximum absolute atomic E-state index is 14.1. The van der Waals surface area contributed by atoms with Crippen LogP contribution in [0.5, 0.6) is 0 Å². The Kier molecular flexibility index (Phi) is 4.50. The second kappa shape index (κ2) is 6.31. The summed E-state index contributed by atoms with van der Waals surface area (Å²) in [5, 5.41) is 11.9. The number of carboxylic acids is 1. The van der Waals surface area contributed by atoms with E-state index in [2.05, 4.69) is 4.98 Å². The molecule has 0 aliphatic carbocycles. The molecule has 1 saturated heterocycles. The molecule has 126 valence electrons. The standard InChI is InChI=1S/C15H11Cl2FN2O3S/c16-8-1-2-9(10(17)5-8)12-19-11(6-24-12)13(21)20-4-3-15(18,7-20)14(22)23/h1-2,5-6H,3-4,7H2,(H,22,23). The zero-order chi connectivity index (χ0) is 17.5. The third-order valence-electron chi connectivity index (χ3n) is 3.77. The topological polar surface area (TPSA) is 70.5 Å². The number of amides is 1. The summed E-state index contributed by atoms with van der Waals surface area (Å²) in [4.78, 5) is 28.7. The molecule has 0 saturated carbocycles. The normalized spacial score (nSPS) is 20.4. The van der Waals surface area contributed by atoms with Gasteiger partial charge in [-0.05, 0) is 18.2 Å². The quantitative estimate of drug-likeness (QED) is 0.868. The summed E-state index contributed by atoms with van der Waals surface area (Å²) in [6.07, 6.45) is -0.228. The van der Waals surface area contributed by atoms with Crippen LogP contribution < -0.4 is 0 Å². The van der Waals surface area contributed by atoms with E-state index in [1.54, 1.807) is 23.6 Å². The molecule has 2 heterocycles. The highest BCUT2D eigenvalue weighted by molar-refractivity contribution is 7.13. The van der Waals surface area contributed by atoms with Gasteiger partial charge in [0.2, 0.25) is 5.67 Å². The maximum atomic E-state index is 14.1. The third kappa shape index (κ3) is 3.11. The fourth-order valence-electron chi connectivity index (χ4n) is 2.44. The Morgan fingerprint density at radius 3 is 2.75 bits per heavy atom. The summed E-state index contributed by atoms with van der Waals surface area (Å²) in [5.74, 6) is -2.05. The van der Waals surface area contributed by atoms with Gasteiger partial charge in [-0.1, -0.05) is 23.2 Å². The van der Waals surface area contributed by atoms with E-state index in [1.165, 1.54) is 11.3 Å². The lowest BCUT2D eigenvalue weighted by Crippen LogP contribution is -2.39. The predicted octanol–water partition coefficient (Wildman–Crippen LogP) is 3.76. The molecule has 0 bridgehead atoms. The molecule has 1 fully saturated rings. The van der Waals surface area contributed by atoms with Gasteiger partial charge in [0.1, 0.15) is 10.7 Å². The number of carbonyl (C=O) groups excluding carboxylic acids is 1. The van der Waals surface area contributed by atoms with Crippen molar-refractivity contribution in [1.82, 2.24) is 9.88 Å². The number of carboxylic acid groups (broad SMARTS) is 1. The summed E-state index contributed by atoms with van der Waals surface area (Å²) in [6.45, 7) is -0.439. The number of rotatable bonds is 3. The predicted molar refractivity (Wildman–Crippen MR) is 89.6 cm³/mol. The van der Waals surface area contributed by atoms with Crippen LogP contribution in [-0.2, 0) is 4.79 Å². The minimum Gasteiger partial charge on any atom is -0.479 e. The van der Waals surface area contributed by atoms with E-state index < -0.39 is 24.1 Å². The van der Waals surface area contributed by atoms with Gasteiger partial charge in [0.15, 0.2) is 0 Å². The number of hydrogen-bond donors (Lipinski definition) is 1. The van der Waals surface area contributed by atoms with Gasteiger partial charge in [-0.25, -0.2) is 14.2 Å². The molecule has 1 aromatic carbocycles. The molecular weight excluding hydrogens is 378 g/mol. The molecule has 1 N–H and O–H groups in total. The van der Waals surface area contributed by atoms with E-state index in [0.29, 0.717) is 20.6 Å². The van der Waals surface area contributed by atoms with Gasteiger partial charge < -0.3 is 10.0 Å². The van der Waals surface area contributed by atoms with E-state index in [9.17, 15) is 14.0 Å². The van der Waals surface area contributed by atoms with Crippen LogP contribution in [0.4, 0.5) is 4.39 Å². The Balaban J connectivity index is 1.81. The smallest absolute Gasteiger partial charge is 0.343 e. The first-order valence-electron chi connectivity index (χ1n) is 6.93. The van der Waals surface area contributed by atoms with Crippen molar-refractivity contribution < 1.29 is 19.1 Å². The van der Waals surface area contributed by atoms with Crippen molar-refractivity contribution in [3.05, 3.63) is 39.3 Å². The van der Waals surface area contributed by atoms with Crippen molar-refractivity contribution >= 4 is 46.4 Å². The molecule has 1 aromatic heterocycles. The minimum absolute atomic E-state index is 0.0379. The van der Waals surface area contributed by atoms with E-state index in [-0.39, 0.29) is 18.7 Å². The van der Waals surface area contributed by atoms with Crippen molar-refractivity contribution in [3.8, 4) is 10.6 Å². The van der Waals surface area contributed by atoms with Crippen LogP contribution in [0.3, 0.4) is 0 Å². The number of carbonyl (C=O) groups is 2. The van der Waals surface area contributed by atoms with Crippen LogP contribution in [0.2, 0.25) is 10.0 Å². The molecular formula is C15H11Cl2FN2O3S. The second-order valence-corrected chi connectivity index (χ2v) is 7.11. The van der Waals surface area contributed by atoms with Crippen molar-refractivity contribution in [2.75, 3.05) is 13.1 Å². The monoisotopic (exact) mass is 388 g/mol. The second-order valence-electron chi connectivity index (χ2n) is 5.41. The van der Waals surface area contributed by atoms with Gasteiger partial charge in [-0.2, -0.15) is 0 Å². The summed E-state index contributed by atoms with van der Waals surface area (Å²) in [5.41, 5.74) is -1.62. The Morgan fingerprint density at radius 2 is 2.12 bits per heavy atom. The first-order chi connectivity index (χ1) is 11.3. The van der Waals surface area contributed by atoms with Crippen LogP contribution in [0.25, 0.3) is 10.6 Å². The lowest BCUT2D eigenvalue weighted by molar-refractivity contribution is -0.149. The third-order valence-corrected chi connectivity index (χ3v) is 5.20. The Morgan fingerprint density at radius 1 is 1.38 bits per heavy atom. The summed E-state index contributed by atoms with van der Waals surface area (Å²) < 4.78 is 14.1. The highest BCUT2D eigenvalue weighted by Gasteiger charge is 2.47.